The third kappa shape index (κ3) is 3.32. The van der Waals surface area contributed by atoms with Crippen molar-refractivity contribution in [3.05, 3.63) is 48.3 Å². The van der Waals surface area contributed by atoms with E-state index in [0.29, 0.717) is 5.56 Å². The molecule has 2 aromatic carbocycles. The van der Waals surface area contributed by atoms with Gasteiger partial charge >= 0.3 is 0 Å². The van der Waals surface area contributed by atoms with E-state index in [4.69, 9.17) is 69.6 Å². The van der Waals surface area contributed by atoms with Crippen LogP contribution in [-0.4, -0.2) is 14.7 Å². The van der Waals surface area contributed by atoms with E-state index in [0.717, 1.165) is 6.26 Å². The van der Waals surface area contributed by atoms with Gasteiger partial charge in [0, 0.05) is 17.4 Å². The largest absolute Gasteiger partial charge is 0.224 e. The normalized spacial score (nSPS) is 11.8. The molecule has 0 heterocycles. The topological polar surface area (TPSA) is 34.1 Å². The van der Waals surface area contributed by atoms with E-state index >= 15 is 0 Å². The van der Waals surface area contributed by atoms with Gasteiger partial charge in [0.05, 0.1) is 35.0 Å². The minimum Gasteiger partial charge on any atom is -0.224 e. The van der Waals surface area contributed by atoms with Crippen molar-refractivity contribution in [1.29, 1.82) is 0 Å². The zero-order chi connectivity index (χ0) is 16.8. The number of rotatable bonds is 2. The molecule has 0 aliphatic carbocycles. The fraction of sp³-hybridized carbons (Fsp3) is 0.0769. The van der Waals surface area contributed by atoms with Gasteiger partial charge in [-0.3, -0.25) is 0 Å². The highest BCUT2D eigenvalue weighted by molar-refractivity contribution is 7.90. The van der Waals surface area contributed by atoms with Crippen LogP contribution in [0.1, 0.15) is 0 Å². The maximum atomic E-state index is 11.8. The quantitative estimate of drug-likeness (QED) is 0.387. The van der Waals surface area contributed by atoms with Gasteiger partial charge in [-0.05, 0) is 12.1 Å². The molecule has 0 amide bonds. The molecule has 0 spiro atoms. The molecule has 22 heavy (non-hydrogen) atoms. The van der Waals surface area contributed by atoms with E-state index in [1.807, 2.05) is 0 Å². The molecule has 9 heteroatoms. The lowest BCUT2D eigenvalue weighted by molar-refractivity contribution is 0.602. The molecular weight excluding hydrogens is 433 g/mol. The Morgan fingerprint density at radius 3 is 1.91 bits per heavy atom. The Morgan fingerprint density at radius 2 is 1.36 bits per heavy atom. The zero-order valence-electron chi connectivity index (χ0n) is 10.7. The van der Waals surface area contributed by atoms with Crippen LogP contribution in [0.2, 0.25) is 30.1 Å². The fourth-order valence-electron chi connectivity index (χ4n) is 1.81. The molecule has 2 nitrogen and oxygen atoms in total. The van der Waals surface area contributed by atoms with Gasteiger partial charge in [-0.2, -0.15) is 0 Å². The van der Waals surface area contributed by atoms with Crippen molar-refractivity contribution in [2.24, 2.45) is 0 Å². The average molecular weight is 439 g/mol. The summed E-state index contributed by atoms with van der Waals surface area (Å²) in [5.41, 5.74) is 0.512. The molecule has 0 fully saturated rings. The van der Waals surface area contributed by atoms with E-state index in [-0.39, 0.29) is 40.6 Å². The molecule has 0 aliphatic heterocycles. The number of halogens is 6. The molecule has 0 atom stereocenters. The number of hydrogen-bond acceptors (Lipinski definition) is 2. The zero-order valence-corrected chi connectivity index (χ0v) is 16.1. The van der Waals surface area contributed by atoms with Crippen molar-refractivity contribution in [3.8, 4) is 11.1 Å². The Labute approximate surface area is 157 Å². The highest BCUT2D eigenvalue weighted by Crippen LogP contribution is 2.47. The highest BCUT2D eigenvalue weighted by atomic mass is 35.5. The molecule has 0 aliphatic rings. The van der Waals surface area contributed by atoms with Gasteiger partial charge in [0.1, 0.15) is 0 Å². The third-order valence-electron chi connectivity index (χ3n) is 2.83. The van der Waals surface area contributed by atoms with E-state index in [2.05, 4.69) is 0 Å². The van der Waals surface area contributed by atoms with Crippen LogP contribution >= 0.6 is 69.6 Å². The van der Waals surface area contributed by atoms with Crippen LogP contribution in [-0.2, 0) is 9.84 Å². The van der Waals surface area contributed by atoms with Crippen molar-refractivity contribution in [2.45, 2.75) is 4.90 Å². The van der Waals surface area contributed by atoms with Crippen molar-refractivity contribution in [2.75, 3.05) is 6.26 Å². The van der Waals surface area contributed by atoms with Gasteiger partial charge in [-0.15, -0.1) is 0 Å². The second kappa shape index (κ2) is 6.56. The summed E-state index contributed by atoms with van der Waals surface area (Å²) in [5.74, 6) is 0. The molecule has 0 radical (unpaired) electrons. The molecule has 0 unspecified atom stereocenters. The minimum absolute atomic E-state index is 0.0311. The van der Waals surface area contributed by atoms with Crippen LogP contribution in [0.5, 0.6) is 0 Å². The molecule has 0 N–H and O–H groups in total. The fourth-order valence-corrected chi connectivity index (χ4v) is 4.43. The average Bonchev–Trinajstić information content (AvgIpc) is 2.41. The van der Waals surface area contributed by atoms with Crippen molar-refractivity contribution in [1.82, 2.24) is 0 Å². The molecule has 0 saturated carbocycles. The van der Waals surface area contributed by atoms with Crippen molar-refractivity contribution in [3.63, 3.8) is 0 Å². The second-order valence-corrected chi connectivity index (χ2v) is 8.66. The molecule has 0 saturated heterocycles. The predicted molar refractivity (Wildman–Crippen MR) is 95.0 cm³/mol. The Bertz CT molecular complexity index is 877. The maximum Gasteiger partial charge on any atom is 0.177 e. The van der Waals surface area contributed by atoms with Crippen LogP contribution in [0.25, 0.3) is 11.1 Å². The van der Waals surface area contributed by atoms with Crippen molar-refractivity contribution < 1.29 is 8.42 Å². The lowest BCUT2D eigenvalue weighted by Gasteiger charge is -2.15. The summed E-state index contributed by atoms with van der Waals surface area (Å²) in [6.07, 6.45) is 1.01. The van der Waals surface area contributed by atoms with Crippen LogP contribution in [0.3, 0.4) is 0 Å². The number of hydrogen-bond donors (Lipinski definition) is 0. The first-order valence-corrected chi connectivity index (χ1v) is 9.73. The highest BCUT2D eigenvalue weighted by Gasteiger charge is 2.24. The molecule has 0 bridgehead atoms. The van der Waals surface area contributed by atoms with Gasteiger partial charge in [0.15, 0.2) is 9.84 Å². The standard InChI is InChI=1S/C13H6Cl6O2S/c1-22(20,21)8-4-7(15)11(17)9(13(8)19)5-2-3-6(14)12(18)10(5)16/h2-4H,1H3. The summed E-state index contributed by atoms with van der Waals surface area (Å²) in [5, 5.41) is 0.460. The van der Waals surface area contributed by atoms with Crippen molar-refractivity contribution >= 4 is 79.4 Å². The molecule has 2 aromatic rings. The Morgan fingerprint density at radius 1 is 0.773 bits per heavy atom. The minimum atomic E-state index is -3.61. The molecule has 0 aromatic heterocycles. The Hall–Kier alpha value is 0.130. The predicted octanol–water partition coefficient (Wildman–Crippen LogP) is 6.68. The van der Waals surface area contributed by atoms with E-state index in [1.165, 1.54) is 18.2 Å². The van der Waals surface area contributed by atoms with Gasteiger partial charge < -0.3 is 0 Å². The number of benzene rings is 2. The third-order valence-corrected chi connectivity index (χ3v) is 6.53. The first kappa shape index (κ1) is 18.5. The van der Waals surface area contributed by atoms with Gasteiger partial charge in [0.2, 0.25) is 0 Å². The van der Waals surface area contributed by atoms with E-state index in [9.17, 15) is 8.42 Å². The second-order valence-electron chi connectivity index (χ2n) is 4.35. The lowest BCUT2D eigenvalue weighted by atomic mass is 10.1. The summed E-state index contributed by atoms with van der Waals surface area (Å²) in [6.45, 7) is 0. The summed E-state index contributed by atoms with van der Waals surface area (Å²) < 4.78 is 23.7. The first-order chi connectivity index (χ1) is 10.1. The Balaban J connectivity index is 2.93. The summed E-state index contributed by atoms with van der Waals surface area (Å²) in [7, 11) is -3.61. The van der Waals surface area contributed by atoms with E-state index in [1.54, 1.807) is 0 Å². The van der Waals surface area contributed by atoms with Gasteiger partial charge in [-0.25, -0.2) is 8.42 Å². The summed E-state index contributed by atoms with van der Waals surface area (Å²) >= 11 is 36.5. The molecular formula is C13H6Cl6O2S. The Kier molecular flexibility index (Phi) is 5.51. The van der Waals surface area contributed by atoms with Crippen LogP contribution in [0.4, 0.5) is 0 Å². The SMILES string of the molecule is CS(=O)(=O)c1cc(Cl)c(Cl)c(-c2ccc(Cl)c(Cl)c2Cl)c1Cl. The van der Waals surface area contributed by atoms with Crippen LogP contribution in [0.15, 0.2) is 23.1 Å². The first-order valence-electron chi connectivity index (χ1n) is 5.57. The summed E-state index contributed by atoms with van der Waals surface area (Å²) in [6, 6.07) is 4.22. The van der Waals surface area contributed by atoms with E-state index < -0.39 is 9.84 Å². The maximum absolute atomic E-state index is 11.8. The lowest BCUT2D eigenvalue weighted by Crippen LogP contribution is -2.00. The van der Waals surface area contributed by atoms with Gasteiger partial charge in [-0.1, -0.05) is 75.7 Å². The monoisotopic (exact) mass is 436 g/mol. The van der Waals surface area contributed by atoms with Gasteiger partial charge in [0.25, 0.3) is 0 Å². The molecule has 118 valence electrons. The van der Waals surface area contributed by atoms with Crippen LogP contribution < -0.4 is 0 Å². The summed E-state index contributed by atoms with van der Waals surface area (Å²) in [4.78, 5) is -0.152. The van der Waals surface area contributed by atoms with Crippen LogP contribution in [0, 0.1) is 0 Å². The smallest absolute Gasteiger partial charge is 0.177 e. The molecule has 2 rings (SSSR count). The number of sulfone groups is 1.